The number of ether oxygens (including phenoxy) is 1. The Morgan fingerprint density at radius 3 is 1.26 bits per heavy atom. The molecule has 4 heteroatoms. The molecule has 0 aliphatic carbocycles. The maximum Gasteiger partial charge on any atom is 0.100 e. The van der Waals surface area contributed by atoms with Gasteiger partial charge in [0.25, 0.3) is 0 Å². The molecule has 190 valence electrons. The van der Waals surface area contributed by atoms with Gasteiger partial charge in [-0.05, 0) is 19.8 Å². The van der Waals surface area contributed by atoms with Crippen LogP contribution in [-0.2, 0) is 4.74 Å². The van der Waals surface area contributed by atoms with E-state index in [2.05, 4.69) is 20.8 Å². The summed E-state index contributed by atoms with van der Waals surface area (Å²) in [6, 6.07) is 0. The van der Waals surface area contributed by atoms with Crippen molar-refractivity contribution in [2.45, 2.75) is 155 Å². The van der Waals surface area contributed by atoms with Crippen LogP contribution < -0.4 is 0 Å². The second-order valence-electron chi connectivity index (χ2n) is 9.15. The van der Waals surface area contributed by atoms with Crippen molar-refractivity contribution >= 4 is 0 Å². The first-order valence-corrected chi connectivity index (χ1v) is 13.6. The SMILES string of the molecule is CCCCCCCCCCCCCCOC(C)CCCCCCCC.OCC(O)CO. The summed E-state index contributed by atoms with van der Waals surface area (Å²) in [4.78, 5) is 0. The van der Waals surface area contributed by atoms with Crippen LogP contribution in [0.2, 0.25) is 0 Å². The zero-order valence-corrected chi connectivity index (χ0v) is 21.5. The van der Waals surface area contributed by atoms with Crippen LogP contribution in [0, 0.1) is 0 Å². The number of aliphatic hydroxyl groups is 3. The van der Waals surface area contributed by atoms with Gasteiger partial charge in [0.05, 0.1) is 19.3 Å². The molecule has 0 heterocycles. The third-order valence-corrected chi connectivity index (χ3v) is 5.79. The smallest absolute Gasteiger partial charge is 0.100 e. The topological polar surface area (TPSA) is 69.9 Å². The van der Waals surface area contributed by atoms with E-state index in [1.54, 1.807) is 0 Å². The minimum atomic E-state index is -0.954. The van der Waals surface area contributed by atoms with Gasteiger partial charge in [0.15, 0.2) is 0 Å². The predicted octanol–water partition coefficient (Wildman–Crippen LogP) is 7.18. The molecule has 0 fully saturated rings. The Morgan fingerprint density at radius 1 is 0.548 bits per heavy atom. The minimum absolute atomic E-state index is 0.365. The molecular formula is C27H58O4. The summed E-state index contributed by atoms with van der Waals surface area (Å²) < 4.78 is 5.96. The van der Waals surface area contributed by atoms with Gasteiger partial charge in [-0.2, -0.15) is 0 Å². The standard InChI is InChI=1S/C24H50O.C3H8O3/c1-4-6-8-10-12-13-14-15-16-17-19-21-23-25-24(3)22-20-18-11-9-7-5-2;4-1-3(6)2-5/h24H,4-23H2,1-3H3;3-6H,1-2H2. The lowest BCUT2D eigenvalue weighted by Crippen LogP contribution is -2.15. The van der Waals surface area contributed by atoms with E-state index in [1.807, 2.05) is 0 Å². The number of hydrogen-bond acceptors (Lipinski definition) is 4. The molecule has 3 N–H and O–H groups in total. The molecule has 0 aromatic heterocycles. The third-order valence-electron chi connectivity index (χ3n) is 5.79. The van der Waals surface area contributed by atoms with E-state index < -0.39 is 6.10 Å². The van der Waals surface area contributed by atoms with Crippen LogP contribution >= 0.6 is 0 Å². The normalized spacial score (nSPS) is 12.1. The van der Waals surface area contributed by atoms with E-state index in [9.17, 15) is 0 Å². The Balaban J connectivity index is 0. The van der Waals surface area contributed by atoms with Gasteiger partial charge in [-0.15, -0.1) is 0 Å². The molecular weight excluding hydrogens is 388 g/mol. The Hall–Kier alpha value is -0.160. The van der Waals surface area contributed by atoms with Crippen molar-refractivity contribution in [1.29, 1.82) is 0 Å². The van der Waals surface area contributed by atoms with Crippen LogP contribution in [0.15, 0.2) is 0 Å². The second-order valence-corrected chi connectivity index (χ2v) is 9.15. The average molecular weight is 447 g/mol. The van der Waals surface area contributed by atoms with E-state index in [1.165, 1.54) is 122 Å². The lowest BCUT2D eigenvalue weighted by atomic mass is 10.1. The number of aliphatic hydroxyl groups excluding tert-OH is 3. The fraction of sp³-hybridized carbons (Fsp3) is 1.00. The molecule has 1 unspecified atom stereocenters. The summed E-state index contributed by atoms with van der Waals surface area (Å²) in [5, 5.41) is 24.0. The van der Waals surface area contributed by atoms with E-state index in [0.29, 0.717) is 6.10 Å². The van der Waals surface area contributed by atoms with Crippen molar-refractivity contribution in [2.24, 2.45) is 0 Å². The summed E-state index contributed by atoms with van der Waals surface area (Å²) in [5.41, 5.74) is 0. The Morgan fingerprint density at radius 2 is 0.903 bits per heavy atom. The van der Waals surface area contributed by atoms with E-state index >= 15 is 0 Å². The fourth-order valence-electron chi connectivity index (χ4n) is 3.58. The summed E-state index contributed by atoms with van der Waals surface area (Å²) in [5.74, 6) is 0. The second kappa shape index (κ2) is 29.8. The highest BCUT2D eigenvalue weighted by atomic mass is 16.5. The number of hydrogen-bond donors (Lipinski definition) is 3. The lowest BCUT2D eigenvalue weighted by molar-refractivity contribution is 0.0450. The molecule has 0 rings (SSSR count). The van der Waals surface area contributed by atoms with Crippen LogP contribution in [0.3, 0.4) is 0 Å². The molecule has 0 radical (unpaired) electrons. The highest BCUT2D eigenvalue weighted by Crippen LogP contribution is 2.13. The van der Waals surface area contributed by atoms with Crippen molar-refractivity contribution in [3.05, 3.63) is 0 Å². The summed E-state index contributed by atoms with van der Waals surface area (Å²) in [6.07, 6.45) is 26.1. The van der Waals surface area contributed by atoms with Crippen molar-refractivity contribution in [3.8, 4) is 0 Å². The minimum Gasteiger partial charge on any atom is -0.394 e. The van der Waals surface area contributed by atoms with Gasteiger partial charge in [0.2, 0.25) is 0 Å². The van der Waals surface area contributed by atoms with Gasteiger partial charge in [0, 0.05) is 6.61 Å². The molecule has 1 atom stereocenters. The molecule has 4 nitrogen and oxygen atoms in total. The molecule has 0 amide bonds. The Labute approximate surface area is 195 Å². The van der Waals surface area contributed by atoms with Crippen LogP contribution in [0.5, 0.6) is 0 Å². The first kappa shape index (κ1) is 33.0. The number of unbranched alkanes of at least 4 members (excludes halogenated alkanes) is 16. The van der Waals surface area contributed by atoms with E-state index in [4.69, 9.17) is 20.1 Å². The maximum absolute atomic E-state index is 8.17. The molecule has 0 saturated heterocycles. The summed E-state index contributed by atoms with van der Waals surface area (Å²) in [7, 11) is 0. The van der Waals surface area contributed by atoms with Gasteiger partial charge >= 0.3 is 0 Å². The third kappa shape index (κ3) is 32.1. The highest BCUT2D eigenvalue weighted by Gasteiger charge is 2.02. The van der Waals surface area contributed by atoms with Crippen LogP contribution in [-0.4, -0.2) is 47.3 Å². The fourth-order valence-corrected chi connectivity index (χ4v) is 3.58. The predicted molar refractivity (Wildman–Crippen MR) is 135 cm³/mol. The molecule has 0 bridgehead atoms. The zero-order chi connectivity index (χ0) is 23.4. The van der Waals surface area contributed by atoms with E-state index in [-0.39, 0.29) is 13.2 Å². The van der Waals surface area contributed by atoms with Gasteiger partial charge in [-0.3, -0.25) is 0 Å². The molecule has 0 aliphatic heterocycles. The zero-order valence-electron chi connectivity index (χ0n) is 21.5. The van der Waals surface area contributed by atoms with Gasteiger partial charge in [-0.1, -0.05) is 123 Å². The quantitative estimate of drug-likeness (QED) is 0.145. The van der Waals surface area contributed by atoms with E-state index in [0.717, 1.165) is 6.61 Å². The van der Waals surface area contributed by atoms with Gasteiger partial charge < -0.3 is 20.1 Å². The number of rotatable bonds is 23. The Kier molecular flexibility index (Phi) is 31.8. The van der Waals surface area contributed by atoms with Gasteiger partial charge in [-0.25, -0.2) is 0 Å². The van der Waals surface area contributed by atoms with Crippen LogP contribution in [0.4, 0.5) is 0 Å². The molecule has 0 aromatic carbocycles. The summed E-state index contributed by atoms with van der Waals surface area (Å²) in [6.45, 7) is 7.08. The average Bonchev–Trinajstić information content (AvgIpc) is 2.79. The molecule has 31 heavy (non-hydrogen) atoms. The van der Waals surface area contributed by atoms with Crippen molar-refractivity contribution < 1.29 is 20.1 Å². The van der Waals surface area contributed by atoms with Crippen molar-refractivity contribution in [3.63, 3.8) is 0 Å². The van der Waals surface area contributed by atoms with Crippen molar-refractivity contribution in [1.82, 2.24) is 0 Å². The van der Waals surface area contributed by atoms with Crippen LogP contribution in [0.1, 0.15) is 143 Å². The maximum atomic E-state index is 8.17. The van der Waals surface area contributed by atoms with Crippen LogP contribution in [0.25, 0.3) is 0 Å². The first-order chi connectivity index (χ1) is 15.1. The van der Waals surface area contributed by atoms with Crippen molar-refractivity contribution in [2.75, 3.05) is 19.8 Å². The molecule has 0 aromatic rings. The highest BCUT2D eigenvalue weighted by molar-refractivity contribution is 4.53. The molecule has 0 aliphatic rings. The molecule has 0 saturated carbocycles. The molecule has 0 spiro atoms. The summed E-state index contributed by atoms with van der Waals surface area (Å²) >= 11 is 0. The monoisotopic (exact) mass is 446 g/mol. The largest absolute Gasteiger partial charge is 0.394 e. The van der Waals surface area contributed by atoms with Gasteiger partial charge in [0.1, 0.15) is 6.10 Å². The first-order valence-electron chi connectivity index (χ1n) is 13.6. The lowest BCUT2D eigenvalue weighted by Gasteiger charge is -2.12. The Bertz CT molecular complexity index is 295.